The number of hydrogen-bond acceptors (Lipinski definition) is 3. The monoisotopic (exact) mass is 290 g/mol. The van der Waals surface area contributed by atoms with E-state index in [9.17, 15) is 14.9 Å². The van der Waals surface area contributed by atoms with Crippen LogP contribution in [0.5, 0.6) is 0 Å². The molecule has 1 rings (SSSR count). The van der Waals surface area contributed by atoms with Crippen molar-refractivity contribution >= 4 is 34.8 Å². The van der Waals surface area contributed by atoms with E-state index in [2.05, 4.69) is 5.32 Å². The molecule has 1 amide bonds. The van der Waals surface area contributed by atoms with Gasteiger partial charge in [0.05, 0.1) is 4.92 Å². The van der Waals surface area contributed by atoms with Gasteiger partial charge in [-0.3, -0.25) is 14.9 Å². The molecule has 7 heteroatoms. The largest absolute Gasteiger partial charge is 0.348 e. The highest BCUT2D eigenvalue weighted by atomic mass is 35.5. The van der Waals surface area contributed by atoms with Gasteiger partial charge in [-0.1, -0.05) is 18.5 Å². The standard InChI is InChI=1S/C11H12Cl2N2O3/c1-2-9(6-12)14-11(16)7-3-8(13)5-10(4-7)15(17)18/h3-5,9H,2,6H2,1H3,(H,14,16). The van der Waals surface area contributed by atoms with Crippen molar-refractivity contribution in [2.24, 2.45) is 0 Å². The Balaban J connectivity index is 2.95. The first kappa shape index (κ1) is 14.7. The van der Waals surface area contributed by atoms with Crippen molar-refractivity contribution in [2.75, 3.05) is 5.88 Å². The van der Waals surface area contributed by atoms with E-state index in [-0.39, 0.29) is 28.2 Å². The van der Waals surface area contributed by atoms with Crippen molar-refractivity contribution in [2.45, 2.75) is 19.4 Å². The number of alkyl halides is 1. The van der Waals surface area contributed by atoms with E-state index in [0.29, 0.717) is 6.42 Å². The summed E-state index contributed by atoms with van der Waals surface area (Å²) in [5.74, 6) is -0.140. The number of carbonyl (C=O) groups excluding carboxylic acids is 1. The van der Waals surface area contributed by atoms with E-state index < -0.39 is 10.8 Å². The van der Waals surface area contributed by atoms with Crippen molar-refractivity contribution in [3.05, 3.63) is 38.9 Å². The normalized spacial score (nSPS) is 11.9. The van der Waals surface area contributed by atoms with E-state index in [0.717, 1.165) is 0 Å². The predicted octanol–water partition coefficient (Wildman–Crippen LogP) is 3.00. The summed E-state index contributed by atoms with van der Waals surface area (Å²) in [5, 5.41) is 13.5. The summed E-state index contributed by atoms with van der Waals surface area (Å²) in [6.07, 6.45) is 0.678. The molecule has 1 aromatic rings. The first-order valence-electron chi connectivity index (χ1n) is 5.29. The van der Waals surface area contributed by atoms with Gasteiger partial charge in [0, 0.05) is 34.6 Å². The number of hydrogen-bond donors (Lipinski definition) is 1. The van der Waals surface area contributed by atoms with Crippen LogP contribution in [0.15, 0.2) is 18.2 Å². The third-order valence-electron chi connectivity index (χ3n) is 2.37. The number of nitro benzene ring substituents is 1. The van der Waals surface area contributed by atoms with Crippen LogP contribution in [0, 0.1) is 10.1 Å². The smallest absolute Gasteiger partial charge is 0.271 e. The average Bonchev–Trinajstić information content (AvgIpc) is 2.34. The Morgan fingerprint density at radius 1 is 1.50 bits per heavy atom. The zero-order valence-electron chi connectivity index (χ0n) is 9.65. The third kappa shape index (κ3) is 3.85. The summed E-state index contributed by atoms with van der Waals surface area (Å²) in [6, 6.07) is 3.58. The van der Waals surface area contributed by atoms with Crippen LogP contribution >= 0.6 is 23.2 Å². The van der Waals surface area contributed by atoms with E-state index in [1.165, 1.54) is 18.2 Å². The molecule has 1 aromatic carbocycles. The maximum Gasteiger partial charge on any atom is 0.271 e. The Hall–Kier alpha value is -1.33. The first-order valence-corrected chi connectivity index (χ1v) is 6.21. The van der Waals surface area contributed by atoms with Crippen LogP contribution in [0.4, 0.5) is 5.69 Å². The number of nitrogens with one attached hydrogen (secondary N) is 1. The zero-order chi connectivity index (χ0) is 13.7. The summed E-state index contributed by atoms with van der Waals surface area (Å²) >= 11 is 11.4. The molecule has 0 aliphatic heterocycles. The van der Waals surface area contributed by atoms with Gasteiger partial charge in [0.25, 0.3) is 11.6 Å². The number of amides is 1. The van der Waals surface area contributed by atoms with E-state index in [1.807, 2.05) is 6.92 Å². The zero-order valence-corrected chi connectivity index (χ0v) is 11.2. The predicted molar refractivity (Wildman–Crippen MR) is 70.4 cm³/mol. The lowest BCUT2D eigenvalue weighted by Gasteiger charge is -2.13. The van der Waals surface area contributed by atoms with Gasteiger partial charge in [0.15, 0.2) is 0 Å². The molecule has 0 saturated carbocycles. The highest BCUT2D eigenvalue weighted by Gasteiger charge is 2.16. The molecule has 0 bridgehead atoms. The van der Waals surface area contributed by atoms with Crippen LogP contribution in [-0.4, -0.2) is 22.8 Å². The molecule has 0 fully saturated rings. The number of halogens is 2. The molecule has 18 heavy (non-hydrogen) atoms. The van der Waals surface area contributed by atoms with Crippen molar-refractivity contribution in [3.8, 4) is 0 Å². The van der Waals surface area contributed by atoms with E-state index in [1.54, 1.807) is 0 Å². The molecule has 0 saturated heterocycles. The second kappa shape index (κ2) is 6.56. The second-order valence-electron chi connectivity index (χ2n) is 3.69. The topological polar surface area (TPSA) is 72.2 Å². The Labute approximate surface area is 114 Å². The molecule has 0 heterocycles. The lowest BCUT2D eigenvalue weighted by molar-refractivity contribution is -0.384. The summed E-state index contributed by atoms with van der Waals surface area (Å²) < 4.78 is 0. The number of nitrogens with zero attached hydrogens (tertiary/aromatic N) is 1. The number of rotatable bonds is 5. The fourth-order valence-electron chi connectivity index (χ4n) is 1.33. The molecule has 98 valence electrons. The fourth-order valence-corrected chi connectivity index (χ4v) is 1.85. The van der Waals surface area contributed by atoms with E-state index >= 15 is 0 Å². The van der Waals surface area contributed by atoms with Gasteiger partial charge in [-0.2, -0.15) is 0 Å². The Kier molecular flexibility index (Phi) is 5.37. The molecule has 0 radical (unpaired) electrons. The average molecular weight is 291 g/mol. The highest BCUT2D eigenvalue weighted by Crippen LogP contribution is 2.21. The van der Waals surface area contributed by atoms with Gasteiger partial charge >= 0.3 is 0 Å². The minimum absolute atomic E-state index is 0.147. The lowest BCUT2D eigenvalue weighted by Crippen LogP contribution is -2.35. The number of nitro groups is 1. The Morgan fingerprint density at radius 2 is 2.17 bits per heavy atom. The SMILES string of the molecule is CCC(CCl)NC(=O)c1cc(Cl)cc([N+](=O)[O-])c1. The summed E-state index contributed by atoms with van der Waals surface area (Å²) in [5.41, 5.74) is -0.0654. The fraction of sp³-hybridized carbons (Fsp3) is 0.364. The molecule has 5 nitrogen and oxygen atoms in total. The van der Waals surface area contributed by atoms with Crippen LogP contribution in [0.1, 0.15) is 23.7 Å². The maximum absolute atomic E-state index is 11.8. The maximum atomic E-state index is 11.8. The van der Waals surface area contributed by atoms with Gasteiger partial charge in [-0.05, 0) is 12.5 Å². The van der Waals surface area contributed by atoms with Gasteiger partial charge < -0.3 is 5.32 Å². The minimum Gasteiger partial charge on any atom is -0.348 e. The summed E-state index contributed by atoms with van der Waals surface area (Å²) in [4.78, 5) is 21.9. The van der Waals surface area contributed by atoms with Crippen LogP contribution < -0.4 is 5.32 Å². The second-order valence-corrected chi connectivity index (χ2v) is 4.43. The molecule has 0 aliphatic carbocycles. The van der Waals surface area contributed by atoms with Crippen molar-refractivity contribution in [3.63, 3.8) is 0 Å². The summed E-state index contributed by atoms with van der Waals surface area (Å²) in [7, 11) is 0. The van der Waals surface area contributed by atoms with Gasteiger partial charge in [-0.15, -0.1) is 11.6 Å². The van der Waals surface area contributed by atoms with Crippen LogP contribution in [-0.2, 0) is 0 Å². The Bertz CT molecular complexity index is 462. The molecular weight excluding hydrogens is 279 g/mol. The van der Waals surface area contributed by atoms with Gasteiger partial charge in [0.1, 0.15) is 0 Å². The van der Waals surface area contributed by atoms with Gasteiger partial charge in [0.2, 0.25) is 0 Å². The summed E-state index contributed by atoms with van der Waals surface area (Å²) in [6.45, 7) is 1.88. The van der Waals surface area contributed by atoms with Crippen LogP contribution in [0.3, 0.4) is 0 Å². The Morgan fingerprint density at radius 3 is 2.67 bits per heavy atom. The molecule has 0 aliphatic rings. The van der Waals surface area contributed by atoms with Crippen molar-refractivity contribution < 1.29 is 9.72 Å². The number of non-ortho nitro benzene ring substituents is 1. The van der Waals surface area contributed by atoms with E-state index in [4.69, 9.17) is 23.2 Å². The van der Waals surface area contributed by atoms with Crippen LogP contribution in [0.25, 0.3) is 0 Å². The molecule has 1 atom stereocenters. The molecule has 1 unspecified atom stereocenters. The molecule has 0 aromatic heterocycles. The molecular formula is C11H12Cl2N2O3. The van der Waals surface area contributed by atoms with Crippen LogP contribution in [0.2, 0.25) is 5.02 Å². The molecule has 0 spiro atoms. The third-order valence-corrected chi connectivity index (χ3v) is 2.96. The molecule has 1 N–H and O–H groups in total. The minimum atomic E-state index is -0.596. The van der Waals surface area contributed by atoms with Crippen molar-refractivity contribution in [1.29, 1.82) is 0 Å². The first-order chi connectivity index (χ1) is 8.47. The lowest BCUT2D eigenvalue weighted by atomic mass is 10.1. The quantitative estimate of drug-likeness (QED) is 0.515. The highest BCUT2D eigenvalue weighted by molar-refractivity contribution is 6.31. The van der Waals surface area contributed by atoms with Crippen molar-refractivity contribution in [1.82, 2.24) is 5.32 Å². The van der Waals surface area contributed by atoms with Gasteiger partial charge in [-0.25, -0.2) is 0 Å². The number of benzene rings is 1. The number of carbonyl (C=O) groups is 1.